The molecule has 0 aliphatic heterocycles. The number of nitrogens with zero attached hydrogens (tertiary/aromatic N) is 6. The highest BCUT2D eigenvalue weighted by molar-refractivity contribution is 6.07. The number of hydrogen-bond acceptors (Lipinski definition) is 6. The van der Waals surface area contributed by atoms with E-state index in [2.05, 4.69) is 102 Å². The zero-order valence-corrected chi connectivity index (χ0v) is 26.8. The van der Waals surface area contributed by atoms with Gasteiger partial charge >= 0.3 is 0 Å². The van der Waals surface area contributed by atoms with E-state index in [0.29, 0.717) is 17.0 Å². The first-order chi connectivity index (χ1) is 22.2. The summed E-state index contributed by atoms with van der Waals surface area (Å²) in [6.07, 6.45) is 0. The van der Waals surface area contributed by atoms with Crippen molar-refractivity contribution < 1.29 is 0 Å². The predicted octanol–water partition coefficient (Wildman–Crippen LogP) is 9.60. The van der Waals surface area contributed by atoms with Gasteiger partial charge in [0.25, 0.3) is 0 Å². The van der Waals surface area contributed by atoms with Crippen LogP contribution >= 0.6 is 0 Å². The molecule has 4 aromatic carbocycles. The van der Waals surface area contributed by atoms with Crippen molar-refractivity contribution in [1.29, 1.82) is 10.5 Å². The summed E-state index contributed by atoms with van der Waals surface area (Å²) < 4.78 is 0. The molecule has 0 amide bonds. The van der Waals surface area contributed by atoms with Crippen LogP contribution in [0.5, 0.6) is 0 Å². The molecular weight excluding hydrogens is 564 g/mol. The van der Waals surface area contributed by atoms with Gasteiger partial charge in [-0.3, -0.25) is 0 Å². The summed E-state index contributed by atoms with van der Waals surface area (Å²) in [7, 11) is 0. The van der Waals surface area contributed by atoms with Crippen LogP contribution in [0.4, 0.5) is 0 Å². The van der Waals surface area contributed by atoms with Crippen LogP contribution in [-0.2, 0) is 0 Å². The average molecular weight is 597 g/mol. The van der Waals surface area contributed by atoms with Gasteiger partial charge in [0, 0.05) is 33.4 Å². The maximum absolute atomic E-state index is 9.95. The highest BCUT2D eigenvalue weighted by atomic mass is 14.9. The molecule has 1 aliphatic rings. The number of hydrogen-bond donors (Lipinski definition) is 0. The van der Waals surface area contributed by atoms with Gasteiger partial charge in [-0.25, -0.2) is 19.9 Å². The number of nitriles is 2. The van der Waals surface area contributed by atoms with Crippen molar-refractivity contribution in [3.63, 3.8) is 0 Å². The summed E-state index contributed by atoms with van der Waals surface area (Å²) in [5, 5.41) is 19.9. The maximum atomic E-state index is 9.95. The third-order valence-corrected chi connectivity index (χ3v) is 8.78. The lowest BCUT2D eigenvalue weighted by molar-refractivity contribution is 0.860. The summed E-state index contributed by atoms with van der Waals surface area (Å²) in [6, 6.07) is 28.8. The van der Waals surface area contributed by atoms with Gasteiger partial charge in [-0.1, -0.05) is 112 Å². The summed E-state index contributed by atoms with van der Waals surface area (Å²) in [4.78, 5) is 21.6. The molecule has 0 atom stereocenters. The van der Waals surface area contributed by atoms with E-state index in [4.69, 9.17) is 19.9 Å². The fourth-order valence-electron chi connectivity index (χ4n) is 6.55. The van der Waals surface area contributed by atoms with Gasteiger partial charge < -0.3 is 0 Å². The van der Waals surface area contributed by atoms with E-state index in [9.17, 15) is 10.5 Å². The van der Waals surface area contributed by atoms with Crippen molar-refractivity contribution in [2.75, 3.05) is 0 Å². The Balaban J connectivity index is 1.67. The molecule has 0 unspecified atom stereocenters. The largest absolute Gasteiger partial charge is 0.243 e. The van der Waals surface area contributed by atoms with Gasteiger partial charge in [0.05, 0.1) is 44.8 Å². The molecule has 2 aromatic heterocycles. The summed E-state index contributed by atoms with van der Waals surface area (Å²) >= 11 is 0. The lowest BCUT2D eigenvalue weighted by Gasteiger charge is -2.21. The lowest BCUT2D eigenvalue weighted by Crippen LogP contribution is -2.08. The Hall–Kier alpha value is -5.72. The second-order valence-corrected chi connectivity index (χ2v) is 12.6. The molecule has 7 rings (SSSR count). The minimum absolute atomic E-state index is 0.0278. The van der Waals surface area contributed by atoms with Crippen LogP contribution in [0.15, 0.2) is 78.4 Å². The topological polar surface area (TPSA) is 99.1 Å². The fraction of sp³-hybridized carbons (Fsp3) is 0.200. The van der Waals surface area contributed by atoms with Crippen LogP contribution in [0.2, 0.25) is 0 Å². The molecule has 0 bridgehead atoms. The normalized spacial score (nSPS) is 12.0. The first-order valence-electron chi connectivity index (χ1n) is 15.6. The Kier molecular flexibility index (Phi) is 6.95. The van der Waals surface area contributed by atoms with Crippen LogP contribution in [-0.4, -0.2) is 19.9 Å². The predicted molar refractivity (Wildman–Crippen MR) is 184 cm³/mol. The molecule has 222 valence electrons. The fourth-order valence-corrected chi connectivity index (χ4v) is 6.55. The highest BCUT2D eigenvalue weighted by Gasteiger charge is 2.32. The standard InChI is InChI=1S/C40H32N6/c1-21(2)30-36-37(44-34(26-17-13-24(6)14-18-26)33(43-36)25-15-11-23(5)12-16-25)31(22(3)4)39-38(30)45-35-29-10-8-7-9-28(29)32(40(35)46-39)27(19-41)20-42/h7-18,21-22H,1-6H3. The van der Waals surface area contributed by atoms with E-state index >= 15 is 0 Å². The maximum Gasteiger partial charge on any atom is 0.139 e. The number of rotatable bonds is 4. The molecule has 1 aliphatic carbocycles. The molecular formula is C40H32N6. The zero-order chi connectivity index (χ0) is 32.3. The van der Waals surface area contributed by atoms with E-state index in [-0.39, 0.29) is 17.4 Å². The molecule has 0 N–H and O–H groups in total. The molecule has 6 nitrogen and oxygen atoms in total. The summed E-state index contributed by atoms with van der Waals surface area (Å²) in [5.41, 5.74) is 14.5. The van der Waals surface area contributed by atoms with Gasteiger partial charge in [-0.05, 0) is 31.2 Å². The Morgan fingerprint density at radius 3 is 1.33 bits per heavy atom. The van der Waals surface area contributed by atoms with E-state index in [1.54, 1.807) is 0 Å². The average Bonchev–Trinajstić information content (AvgIpc) is 3.36. The third-order valence-electron chi connectivity index (χ3n) is 8.78. The monoisotopic (exact) mass is 596 g/mol. The minimum atomic E-state index is 0.0278. The van der Waals surface area contributed by atoms with Gasteiger partial charge in [-0.2, -0.15) is 10.5 Å². The lowest BCUT2D eigenvalue weighted by atomic mass is 9.90. The van der Waals surface area contributed by atoms with Crippen LogP contribution in [0, 0.1) is 36.5 Å². The smallest absolute Gasteiger partial charge is 0.139 e. The molecule has 0 saturated carbocycles. The quantitative estimate of drug-likeness (QED) is 0.148. The second-order valence-electron chi connectivity index (χ2n) is 12.6. The minimum Gasteiger partial charge on any atom is -0.243 e. The second kappa shape index (κ2) is 11.0. The zero-order valence-electron chi connectivity index (χ0n) is 26.8. The van der Waals surface area contributed by atoms with Crippen molar-refractivity contribution >= 4 is 27.6 Å². The van der Waals surface area contributed by atoms with Crippen molar-refractivity contribution in [3.8, 4) is 45.9 Å². The van der Waals surface area contributed by atoms with Crippen LogP contribution in [0.25, 0.3) is 61.4 Å². The Morgan fingerprint density at radius 2 is 0.913 bits per heavy atom. The molecule has 0 spiro atoms. The SMILES string of the molecule is Cc1ccc(-c2nc3c(C(C)C)c4nc5c(nc4c(C(C)C)c3nc2-c2ccc(C)cc2)-c2ccccc2C5=C(C#N)C#N)cc1. The van der Waals surface area contributed by atoms with Crippen molar-refractivity contribution in [2.24, 2.45) is 0 Å². The first kappa shape index (κ1) is 29.0. The molecule has 6 aromatic rings. The first-order valence-corrected chi connectivity index (χ1v) is 15.6. The number of fused-ring (bicyclic) bond motifs is 5. The van der Waals surface area contributed by atoms with Gasteiger partial charge in [-0.15, -0.1) is 0 Å². The van der Waals surface area contributed by atoms with E-state index in [1.165, 1.54) is 11.1 Å². The van der Waals surface area contributed by atoms with Gasteiger partial charge in [0.15, 0.2) is 0 Å². The van der Waals surface area contributed by atoms with E-state index in [0.717, 1.165) is 66.8 Å². The van der Waals surface area contributed by atoms with Crippen LogP contribution in [0.3, 0.4) is 0 Å². The number of benzene rings is 4. The number of aryl methyl sites for hydroxylation is 2. The summed E-state index contributed by atoms with van der Waals surface area (Å²) in [6.45, 7) is 12.8. The van der Waals surface area contributed by atoms with E-state index in [1.807, 2.05) is 24.3 Å². The molecule has 0 saturated heterocycles. The molecule has 0 radical (unpaired) electrons. The molecule has 0 fully saturated rings. The molecule has 46 heavy (non-hydrogen) atoms. The van der Waals surface area contributed by atoms with Crippen LogP contribution < -0.4 is 0 Å². The van der Waals surface area contributed by atoms with E-state index < -0.39 is 0 Å². The summed E-state index contributed by atoms with van der Waals surface area (Å²) in [5.74, 6) is 0.0935. The number of aromatic nitrogens is 4. The van der Waals surface area contributed by atoms with Crippen LogP contribution in [0.1, 0.15) is 73.0 Å². The van der Waals surface area contributed by atoms with Gasteiger partial charge in [0.2, 0.25) is 0 Å². The Morgan fingerprint density at radius 1 is 0.522 bits per heavy atom. The third kappa shape index (κ3) is 4.45. The molecule has 6 heteroatoms. The van der Waals surface area contributed by atoms with Gasteiger partial charge in [0.1, 0.15) is 17.7 Å². The van der Waals surface area contributed by atoms with Crippen molar-refractivity contribution in [3.05, 3.63) is 112 Å². The van der Waals surface area contributed by atoms with Crippen molar-refractivity contribution in [1.82, 2.24) is 19.9 Å². The Labute approximate surface area is 268 Å². The molecule has 2 heterocycles. The highest BCUT2D eigenvalue weighted by Crippen LogP contribution is 2.47. The number of allylic oxidation sites excluding steroid dienone is 1. The Bertz CT molecular complexity index is 2320. The van der Waals surface area contributed by atoms with Crippen molar-refractivity contribution in [2.45, 2.75) is 53.4 Å².